The largest absolute Gasteiger partial charge is 0.383 e. The third kappa shape index (κ3) is 3.18. The highest BCUT2D eigenvalue weighted by molar-refractivity contribution is 5.51. The highest BCUT2D eigenvalue weighted by Crippen LogP contribution is 2.10. The zero-order chi connectivity index (χ0) is 12.1. The van der Waals surface area contributed by atoms with Gasteiger partial charge >= 0.3 is 0 Å². The molecule has 0 aliphatic heterocycles. The summed E-state index contributed by atoms with van der Waals surface area (Å²) in [6, 6.07) is 3.75. The van der Waals surface area contributed by atoms with Crippen LogP contribution in [0.4, 0.5) is 11.5 Å². The van der Waals surface area contributed by atoms with Crippen molar-refractivity contribution < 1.29 is 0 Å². The quantitative estimate of drug-likeness (QED) is 0.529. The van der Waals surface area contributed by atoms with Gasteiger partial charge in [-0.05, 0) is 18.6 Å². The molecular weight excluding hydrogens is 216 g/mol. The molecule has 0 aliphatic carbocycles. The molecule has 2 aromatic heterocycles. The Labute approximate surface area is 99.8 Å². The summed E-state index contributed by atoms with van der Waals surface area (Å²) < 4.78 is 1.91. The molecule has 0 radical (unpaired) electrons. The van der Waals surface area contributed by atoms with E-state index in [1.54, 1.807) is 6.20 Å². The Kier molecular flexibility index (Phi) is 3.56. The summed E-state index contributed by atoms with van der Waals surface area (Å²) >= 11 is 0. The van der Waals surface area contributed by atoms with Crippen molar-refractivity contribution in [2.45, 2.75) is 13.5 Å². The van der Waals surface area contributed by atoms with Crippen LogP contribution in [0.2, 0.25) is 0 Å². The van der Waals surface area contributed by atoms with Gasteiger partial charge in [0.2, 0.25) is 0 Å². The van der Waals surface area contributed by atoms with Gasteiger partial charge in [0, 0.05) is 30.7 Å². The van der Waals surface area contributed by atoms with Gasteiger partial charge in [-0.3, -0.25) is 4.68 Å². The molecule has 0 aliphatic rings. The van der Waals surface area contributed by atoms with Gasteiger partial charge in [-0.25, -0.2) is 10.8 Å². The van der Waals surface area contributed by atoms with Gasteiger partial charge in [-0.2, -0.15) is 5.10 Å². The van der Waals surface area contributed by atoms with Crippen molar-refractivity contribution in [1.29, 1.82) is 0 Å². The number of rotatable bonds is 5. The molecule has 0 spiro atoms. The molecule has 0 amide bonds. The second kappa shape index (κ2) is 5.31. The predicted molar refractivity (Wildman–Crippen MR) is 67.5 cm³/mol. The normalized spacial score (nSPS) is 10.2. The zero-order valence-corrected chi connectivity index (χ0v) is 9.72. The van der Waals surface area contributed by atoms with Crippen molar-refractivity contribution in [3.8, 4) is 0 Å². The van der Waals surface area contributed by atoms with Crippen LogP contribution in [0.5, 0.6) is 0 Å². The summed E-state index contributed by atoms with van der Waals surface area (Å²) in [7, 11) is 0. The molecule has 90 valence electrons. The lowest BCUT2D eigenvalue weighted by Gasteiger charge is -2.07. The fraction of sp³-hybridized carbons (Fsp3) is 0.273. The van der Waals surface area contributed by atoms with Crippen LogP contribution in [0, 0.1) is 6.92 Å². The minimum absolute atomic E-state index is 0.643. The van der Waals surface area contributed by atoms with E-state index < -0.39 is 0 Å². The molecule has 0 atom stereocenters. The Morgan fingerprint density at radius 3 is 3.06 bits per heavy atom. The van der Waals surface area contributed by atoms with Gasteiger partial charge in [0.1, 0.15) is 5.82 Å². The molecule has 0 bridgehead atoms. The first-order valence-corrected chi connectivity index (χ1v) is 5.43. The van der Waals surface area contributed by atoms with E-state index in [0.717, 1.165) is 18.8 Å². The van der Waals surface area contributed by atoms with E-state index in [2.05, 4.69) is 20.8 Å². The molecule has 2 rings (SSSR count). The van der Waals surface area contributed by atoms with Crippen LogP contribution in [0.3, 0.4) is 0 Å². The van der Waals surface area contributed by atoms with Crippen molar-refractivity contribution in [1.82, 2.24) is 14.8 Å². The molecule has 0 saturated carbocycles. The van der Waals surface area contributed by atoms with Gasteiger partial charge in [0.25, 0.3) is 0 Å². The predicted octanol–water partition coefficient (Wildman–Crippen LogP) is 0.984. The van der Waals surface area contributed by atoms with Crippen LogP contribution in [0.15, 0.2) is 30.7 Å². The minimum Gasteiger partial charge on any atom is -0.383 e. The van der Waals surface area contributed by atoms with E-state index in [0.29, 0.717) is 5.82 Å². The zero-order valence-electron chi connectivity index (χ0n) is 9.72. The molecule has 0 fully saturated rings. The Hall–Kier alpha value is -2.08. The third-order valence-corrected chi connectivity index (χ3v) is 2.34. The van der Waals surface area contributed by atoms with Crippen LogP contribution < -0.4 is 16.6 Å². The Bertz CT molecular complexity index is 478. The summed E-state index contributed by atoms with van der Waals surface area (Å²) in [5.41, 5.74) is 4.66. The maximum absolute atomic E-state index is 5.29. The lowest BCUT2D eigenvalue weighted by Crippen LogP contribution is -2.12. The Morgan fingerprint density at radius 2 is 2.35 bits per heavy atom. The van der Waals surface area contributed by atoms with E-state index >= 15 is 0 Å². The van der Waals surface area contributed by atoms with Crippen molar-refractivity contribution in [3.05, 3.63) is 36.3 Å². The number of nitrogens with zero attached hydrogens (tertiary/aromatic N) is 3. The first-order chi connectivity index (χ1) is 8.28. The van der Waals surface area contributed by atoms with Crippen molar-refractivity contribution in [3.63, 3.8) is 0 Å². The summed E-state index contributed by atoms with van der Waals surface area (Å²) in [5, 5.41) is 7.49. The fourth-order valence-corrected chi connectivity index (χ4v) is 1.52. The number of hydrazine groups is 1. The number of hydrogen-bond acceptors (Lipinski definition) is 5. The Morgan fingerprint density at radius 1 is 1.47 bits per heavy atom. The molecular formula is C11H16N6. The number of nitrogen functional groups attached to an aromatic ring is 1. The van der Waals surface area contributed by atoms with Gasteiger partial charge < -0.3 is 10.7 Å². The molecule has 6 heteroatoms. The van der Waals surface area contributed by atoms with E-state index in [1.165, 1.54) is 5.56 Å². The number of anilines is 2. The van der Waals surface area contributed by atoms with Gasteiger partial charge in [-0.15, -0.1) is 0 Å². The standard InChI is InChI=1S/C11H16N6/c1-9-7-15-17(8-9)5-4-13-10-2-3-14-11(6-10)16-12/h2-3,6-8H,4-5,12H2,1H3,(H2,13,14,16). The molecule has 0 saturated heterocycles. The third-order valence-electron chi connectivity index (χ3n) is 2.34. The van der Waals surface area contributed by atoms with Crippen molar-refractivity contribution in [2.24, 2.45) is 5.84 Å². The summed E-state index contributed by atoms with van der Waals surface area (Å²) in [5.74, 6) is 5.93. The molecule has 17 heavy (non-hydrogen) atoms. The second-order valence-electron chi connectivity index (χ2n) is 3.78. The highest BCUT2D eigenvalue weighted by atomic mass is 15.3. The smallest absolute Gasteiger partial charge is 0.141 e. The molecule has 0 unspecified atom stereocenters. The summed E-state index contributed by atoms with van der Waals surface area (Å²) in [4.78, 5) is 4.03. The van der Waals surface area contributed by atoms with Gasteiger partial charge in [0.15, 0.2) is 0 Å². The van der Waals surface area contributed by atoms with Gasteiger partial charge in [0.05, 0.1) is 12.7 Å². The van der Waals surface area contributed by atoms with E-state index in [1.807, 2.05) is 36.1 Å². The van der Waals surface area contributed by atoms with Crippen molar-refractivity contribution in [2.75, 3.05) is 17.3 Å². The molecule has 4 N–H and O–H groups in total. The Balaban J connectivity index is 1.85. The lowest BCUT2D eigenvalue weighted by atomic mass is 10.4. The maximum Gasteiger partial charge on any atom is 0.141 e. The van der Waals surface area contributed by atoms with Crippen LogP contribution in [0.1, 0.15) is 5.56 Å². The summed E-state index contributed by atoms with van der Waals surface area (Å²) in [6.07, 6.45) is 5.57. The average molecular weight is 232 g/mol. The fourth-order valence-electron chi connectivity index (χ4n) is 1.52. The number of aromatic nitrogens is 3. The maximum atomic E-state index is 5.29. The van der Waals surface area contributed by atoms with Crippen molar-refractivity contribution >= 4 is 11.5 Å². The van der Waals surface area contributed by atoms with Crippen LogP contribution in [-0.2, 0) is 6.54 Å². The molecule has 0 aromatic carbocycles. The van der Waals surface area contributed by atoms with Crippen LogP contribution in [-0.4, -0.2) is 21.3 Å². The number of hydrogen-bond donors (Lipinski definition) is 3. The topological polar surface area (TPSA) is 80.8 Å². The molecule has 2 aromatic rings. The summed E-state index contributed by atoms with van der Waals surface area (Å²) in [6.45, 7) is 3.65. The van der Waals surface area contributed by atoms with E-state index in [-0.39, 0.29) is 0 Å². The average Bonchev–Trinajstić information content (AvgIpc) is 2.75. The number of aryl methyl sites for hydroxylation is 1. The SMILES string of the molecule is Cc1cnn(CCNc2ccnc(NN)c2)c1. The van der Waals surface area contributed by atoms with Gasteiger partial charge in [-0.1, -0.05) is 0 Å². The minimum atomic E-state index is 0.643. The second-order valence-corrected chi connectivity index (χ2v) is 3.78. The number of nitrogens with one attached hydrogen (secondary N) is 2. The van der Waals surface area contributed by atoms with Crippen LogP contribution >= 0.6 is 0 Å². The van der Waals surface area contributed by atoms with Crippen LogP contribution in [0.25, 0.3) is 0 Å². The monoisotopic (exact) mass is 232 g/mol. The number of pyridine rings is 1. The van der Waals surface area contributed by atoms with E-state index in [9.17, 15) is 0 Å². The molecule has 2 heterocycles. The lowest BCUT2D eigenvalue weighted by molar-refractivity contribution is 0.637. The van der Waals surface area contributed by atoms with E-state index in [4.69, 9.17) is 5.84 Å². The first kappa shape index (κ1) is 11.4. The molecule has 6 nitrogen and oxygen atoms in total. The first-order valence-electron chi connectivity index (χ1n) is 5.43. The highest BCUT2D eigenvalue weighted by Gasteiger charge is 1.96. The number of nitrogens with two attached hydrogens (primary N) is 1.